The molecule has 2 aromatic carbocycles. The molecule has 4 aliphatic heterocycles. The average Bonchev–Trinajstić information content (AvgIpc) is 3.76. The third kappa shape index (κ3) is 6.15. The lowest BCUT2D eigenvalue weighted by Crippen LogP contribution is -2.60. The summed E-state index contributed by atoms with van der Waals surface area (Å²) < 4.78 is 44.6. The Kier molecular flexibility index (Phi) is 8.98. The number of benzene rings is 2. The number of nitrogens with zero attached hydrogens (tertiary/aromatic N) is 6. The predicted molar refractivity (Wildman–Crippen MR) is 205 cm³/mol. The monoisotopic (exact) mass is 838 g/mol. The van der Waals surface area contributed by atoms with Crippen molar-refractivity contribution in [2.75, 3.05) is 31.1 Å². The number of carboxylic acid groups (broad SMARTS) is 1. The van der Waals surface area contributed by atoms with Crippen molar-refractivity contribution in [2.24, 2.45) is 5.41 Å². The molecule has 4 aliphatic rings. The van der Waals surface area contributed by atoms with Crippen molar-refractivity contribution in [3.63, 3.8) is 0 Å². The average molecular weight is 839 g/mol. The summed E-state index contributed by atoms with van der Waals surface area (Å²) in [6.45, 7) is 10.9. The Morgan fingerprint density at radius 2 is 1.94 bits per heavy atom. The first-order valence-electron chi connectivity index (χ1n) is 18.0. The number of alkyl halides is 1. The molecule has 0 aliphatic carbocycles. The fraction of sp³-hybridized carbons (Fsp3) is 0.462. The molecule has 1 N–H and O–H groups in total. The van der Waals surface area contributed by atoms with Gasteiger partial charge in [0.25, 0.3) is 0 Å². The molecule has 11 nitrogen and oxygen atoms in total. The number of carbonyl (C=O) groups excluding carboxylic acids is 1. The van der Waals surface area contributed by atoms with Gasteiger partial charge in [-0.15, -0.1) is 6.58 Å². The molecule has 2 bridgehead atoms. The van der Waals surface area contributed by atoms with Gasteiger partial charge >= 0.3 is 18.1 Å². The van der Waals surface area contributed by atoms with Crippen molar-refractivity contribution in [1.29, 1.82) is 0 Å². The summed E-state index contributed by atoms with van der Waals surface area (Å²) in [5.41, 5.74) is -0.859. The molecule has 0 radical (unpaired) electrons. The number of fused-ring (bicyclic) bond motifs is 5. The zero-order valence-corrected chi connectivity index (χ0v) is 32.0. The summed E-state index contributed by atoms with van der Waals surface area (Å²) in [5.74, 6) is -0.528. The number of rotatable bonds is 7. The largest absolute Gasteiger partial charge is 0.465 e. The summed E-state index contributed by atoms with van der Waals surface area (Å²) >= 11 is 2.07. The van der Waals surface area contributed by atoms with Gasteiger partial charge < -0.3 is 19.5 Å². The molecule has 1 amide bonds. The summed E-state index contributed by atoms with van der Waals surface area (Å²) in [4.78, 5) is 45.3. The molecule has 4 saturated heterocycles. The van der Waals surface area contributed by atoms with Crippen LogP contribution in [0.1, 0.15) is 52.9 Å². The Hall–Kier alpha value is -4.18. The highest BCUT2D eigenvalue weighted by molar-refractivity contribution is 14.1. The molecule has 0 spiro atoms. The van der Waals surface area contributed by atoms with Crippen LogP contribution in [0.5, 0.6) is 11.8 Å². The van der Waals surface area contributed by atoms with Crippen LogP contribution >= 0.6 is 22.6 Å². The smallest absolute Gasteiger partial charge is 0.407 e. The highest BCUT2D eigenvalue weighted by Crippen LogP contribution is 2.44. The van der Waals surface area contributed by atoms with Crippen LogP contribution in [-0.2, 0) is 4.79 Å². The van der Waals surface area contributed by atoms with Gasteiger partial charge in [0, 0.05) is 25.1 Å². The Bertz CT molecular complexity index is 2160. The fourth-order valence-electron chi connectivity index (χ4n) is 8.78. The summed E-state index contributed by atoms with van der Waals surface area (Å²) in [7, 11) is 0. The van der Waals surface area contributed by atoms with Crippen molar-refractivity contribution in [3.8, 4) is 23.0 Å². The zero-order chi connectivity index (χ0) is 37.4. The van der Waals surface area contributed by atoms with Crippen LogP contribution in [0.3, 0.4) is 0 Å². The van der Waals surface area contributed by atoms with Crippen molar-refractivity contribution in [1.82, 2.24) is 24.8 Å². The highest BCUT2D eigenvalue weighted by atomic mass is 127. The minimum atomic E-state index is -0.988. The van der Waals surface area contributed by atoms with E-state index in [0.29, 0.717) is 58.2 Å². The molecule has 8 rings (SSSR count). The third-order valence-electron chi connectivity index (χ3n) is 11.3. The number of anilines is 1. The van der Waals surface area contributed by atoms with Crippen LogP contribution in [0.4, 0.5) is 19.4 Å². The molecule has 14 heteroatoms. The summed E-state index contributed by atoms with van der Waals surface area (Å²) in [5, 5.41) is 11.9. The Morgan fingerprint density at radius 1 is 1.15 bits per heavy atom. The van der Waals surface area contributed by atoms with Gasteiger partial charge in [0.05, 0.1) is 34.5 Å². The first-order valence-corrected chi connectivity index (χ1v) is 19.1. The van der Waals surface area contributed by atoms with Gasteiger partial charge in [-0.25, -0.2) is 18.6 Å². The molecule has 278 valence electrons. The van der Waals surface area contributed by atoms with E-state index >= 15 is 4.39 Å². The Balaban J connectivity index is 1.29. The second-order valence-electron chi connectivity index (χ2n) is 15.7. The fourth-order valence-corrected chi connectivity index (χ4v) is 9.52. The third-order valence-corrected chi connectivity index (χ3v) is 12.1. The van der Waals surface area contributed by atoms with Gasteiger partial charge in [0.1, 0.15) is 39.3 Å². The minimum Gasteiger partial charge on any atom is -0.465 e. The number of amides is 1. The van der Waals surface area contributed by atoms with Crippen LogP contribution in [0.2, 0.25) is 0 Å². The van der Waals surface area contributed by atoms with E-state index in [0.717, 1.165) is 24.8 Å². The van der Waals surface area contributed by atoms with Gasteiger partial charge in [-0.2, -0.15) is 9.97 Å². The number of aromatic nitrogens is 3. The van der Waals surface area contributed by atoms with Gasteiger partial charge in [-0.1, -0.05) is 30.3 Å². The van der Waals surface area contributed by atoms with Crippen LogP contribution in [-0.4, -0.2) is 98.0 Å². The predicted octanol–water partition coefficient (Wildman–Crippen LogP) is 7.38. The summed E-state index contributed by atoms with van der Waals surface area (Å²) in [6, 6.07) is 9.60. The van der Waals surface area contributed by atoms with E-state index in [1.54, 1.807) is 39.0 Å². The van der Waals surface area contributed by atoms with E-state index in [-0.39, 0.29) is 41.7 Å². The maximum absolute atomic E-state index is 17.4. The quantitative estimate of drug-likeness (QED) is 0.0664. The van der Waals surface area contributed by atoms with Crippen LogP contribution in [0.15, 0.2) is 49.1 Å². The normalized spacial score (nSPS) is 25.6. The number of halogens is 3. The lowest BCUT2D eigenvalue weighted by molar-refractivity contribution is -0.142. The number of hydrogen-bond acceptors (Lipinski definition) is 9. The molecule has 0 unspecified atom stereocenters. The van der Waals surface area contributed by atoms with Crippen LogP contribution < -0.4 is 14.4 Å². The minimum absolute atomic E-state index is 0.00928. The molecule has 4 aromatic rings. The van der Waals surface area contributed by atoms with Crippen molar-refractivity contribution >= 4 is 62.1 Å². The maximum Gasteiger partial charge on any atom is 0.407 e. The molecule has 0 saturated carbocycles. The number of piperazine rings is 1. The lowest BCUT2D eigenvalue weighted by atomic mass is 9.95. The van der Waals surface area contributed by atoms with Crippen molar-refractivity contribution < 1.29 is 33.0 Å². The van der Waals surface area contributed by atoms with Gasteiger partial charge in [-0.05, 0) is 98.5 Å². The van der Waals surface area contributed by atoms with E-state index in [1.807, 2.05) is 29.2 Å². The summed E-state index contributed by atoms with van der Waals surface area (Å²) in [6.07, 6.45) is 3.14. The van der Waals surface area contributed by atoms with E-state index in [9.17, 15) is 19.1 Å². The van der Waals surface area contributed by atoms with Crippen molar-refractivity contribution in [2.45, 2.75) is 82.7 Å². The zero-order valence-electron chi connectivity index (χ0n) is 29.8. The Morgan fingerprint density at radius 3 is 2.70 bits per heavy atom. The van der Waals surface area contributed by atoms with Crippen LogP contribution in [0.25, 0.3) is 32.9 Å². The van der Waals surface area contributed by atoms with Crippen molar-refractivity contribution in [3.05, 3.63) is 58.6 Å². The maximum atomic E-state index is 17.4. The lowest BCUT2D eigenvalue weighted by Gasteiger charge is -2.45. The van der Waals surface area contributed by atoms with E-state index in [4.69, 9.17) is 24.4 Å². The first kappa shape index (κ1) is 35.8. The second-order valence-corrected chi connectivity index (χ2v) is 16.7. The molecule has 53 heavy (non-hydrogen) atoms. The molecule has 2 aromatic heterocycles. The van der Waals surface area contributed by atoms with Gasteiger partial charge in [-0.3, -0.25) is 14.6 Å². The topological polar surface area (TPSA) is 121 Å². The first-order chi connectivity index (χ1) is 25.3. The number of carbonyl (C=O) groups is 2. The molecular weight excluding hydrogens is 797 g/mol. The van der Waals surface area contributed by atoms with E-state index in [1.165, 1.54) is 4.90 Å². The van der Waals surface area contributed by atoms with Gasteiger partial charge in [0.15, 0.2) is 5.82 Å². The molecule has 4 fully saturated rings. The number of pyridine rings is 1. The second kappa shape index (κ2) is 13.3. The number of ether oxygens (including phenoxy) is 2. The van der Waals surface area contributed by atoms with Crippen LogP contribution in [0, 0.1) is 14.9 Å². The van der Waals surface area contributed by atoms with Gasteiger partial charge in [0.2, 0.25) is 0 Å². The number of esters is 1. The molecule has 6 heterocycles. The van der Waals surface area contributed by atoms with E-state index in [2.05, 4.69) is 34.1 Å². The number of hydrogen-bond donors (Lipinski definition) is 1. The van der Waals surface area contributed by atoms with E-state index < -0.39 is 41.0 Å². The highest BCUT2D eigenvalue weighted by Gasteiger charge is 2.50. The standard InChI is InChI=1S/C39H41F2IN6O5/c1-5-27-28-12-11-23(48(28)37(50)51)19-47(27)34-29-32(44-36(45-34)52-20-39-13-8-14-46(39)18-22(40)17-39)30(41)31(43-33(29)42)26-16-24(53-35(49)38(2,3)4)15-21-9-6-7-10-25(21)26/h5-7,9-10,15-16,22-23,27-28H,1,8,11-14,17-20H2,2-4H3,(H,50,51)/t22-,23-,27-,28+,39+/m1/s1. The SMILES string of the molecule is C=C[C@@H]1[C@@H]2CC[C@H](CN1c1nc(OC[C@@]34CCCN3C[C@H](F)C4)nc3c(F)c(-c4cc(OC(=O)C(C)(C)C)cc5ccccc45)nc(I)c13)N2C(=O)O. The molecule has 5 atom stereocenters. The Labute approximate surface area is 319 Å². The molecular formula is C39H41F2IN6O5.